The van der Waals surface area contributed by atoms with Crippen LogP contribution < -0.4 is 5.32 Å². The van der Waals surface area contributed by atoms with Gasteiger partial charge in [-0.05, 0) is 44.9 Å². The lowest BCUT2D eigenvalue weighted by atomic mass is 10.1. The largest absolute Gasteiger partial charge is 0.454 e. The average molecular weight is 360 g/mol. The highest BCUT2D eigenvalue weighted by atomic mass is 16.6. The van der Waals surface area contributed by atoms with Gasteiger partial charge in [0.2, 0.25) is 0 Å². The molecule has 0 saturated carbocycles. The molecule has 0 aliphatic heterocycles. The van der Waals surface area contributed by atoms with Crippen molar-refractivity contribution in [2.45, 2.75) is 34.2 Å². The molecule has 0 aliphatic rings. The van der Waals surface area contributed by atoms with E-state index in [0.717, 1.165) is 11.1 Å². The van der Waals surface area contributed by atoms with Gasteiger partial charge in [0.15, 0.2) is 6.61 Å². The highest BCUT2D eigenvalue weighted by molar-refractivity contribution is 5.93. The summed E-state index contributed by atoms with van der Waals surface area (Å²) in [4.78, 5) is 34.3. The van der Waals surface area contributed by atoms with Crippen molar-refractivity contribution in [2.75, 3.05) is 11.9 Å². The van der Waals surface area contributed by atoms with E-state index in [2.05, 4.69) is 10.4 Å². The van der Waals surface area contributed by atoms with Crippen molar-refractivity contribution >= 4 is 23.3 Å². The molecule has 0 bridgehead atoms. The zero-order valence-electron chi connectivity index (χ0n) is 15.0. The number of benzene rings is 1. The van der Waals surface area contributed by atoms with Crippen LogP contribution in [0.5, 0.6) is 0 Å². The van der Waals surface area contributed by atoms with Crippen molar-refractivity contribution in [3.63, 3.8) is 0 Å². The first kappa shape index (κ1) is 19.1. The van der Waals surface area contributed by atoms with Crippen molar-refractivity contribution in [3.05, 3.63) is 50.8 Å². The van der Waals surface area contributed by atoms with Crippen molar-refractivity contribution in [3.8, 4) is 0 Å². The van der Waals surface area contributed by atoms with Crippen LogP contribution in [-0.2, 0) is 20.9 Å². The molecule has 0 radical (unpaired) electrons. The van der Waals surface area contributed by atoms with Crippen LogP contribution in [-0.4, -0.2) is 33.2 Å². The molecule has 0 atom stereocenters. The van der Waals surface area contributed by atoms with Gasteiger partial charge in [-0.1, -0.05) is 12.1 Å². The number of hydrogen-bond acceptors (Lipinski definition) is 6. The summed E-state index contributed by atoms with van der Waals surface area (Å²) in [6.45, 7) is 6.04. The van der Waals surface area contributed by atoms with E-state index in [9.17, 15) is 19.7 Å². The van der Waals surface area contributed by atoms with Gasteiger partial charge in [-0.3, -0.25) is 24.4 Å². The monoisotopic (exact) mass is 360 g/mol. The molecule has 26 heavy (non-hydrogen) atoms. The lowest BCUT2D eigenvalue weighted by molar-refractivity contribution is -0.386. The Bertz CT molecular complexity index is 872. The number of nitrogens with zero attached hydrogens (tertiary/aromatic N) is 3. The molecule has 0 unspecified atom stereocenters. The number of aryl methyl sites for hydroxylation is 2. The summed E-state index contributed by atoms with van der Waals surface area (Å²) in [7, 11) is 0. The van der Waals surface area contributed by atoms with Gasteiger partial charge in [-0.25, -0.2) is 0 Å². The number of rotatable bonds is 6. The van der Waals surface area contributed by atoms with Gasteiger partial charge >= 0.3 is 11.7 Å². The Labute approximate surface area is 150 Å². The van der Waals surface area contributed by atoms with Gasteiger partial charge in [-0.2, -0.15) is 5.10 Å². The predicted molar refractivity (Wildman–Crippen MR) is 93.9 cm³/mol. The van der Waals surface area contributed by atoms with E-state index in [4.69, 9.17) is 4.74 Å². The van der Waals surface area contributed by atoms with Gasteiger partial charge in [0.05, 0.1) is 4.92 Å². The topological polar surface area (TPSA) is 116 Å². The van der Waals surface area contributed by atoms with Crippen LogP contribution in [0.15, 0.2) is 18.2 Å². The van der Waals surface area contributed by atoms with Crippen LogP contribution in [0.4, 0.5) is 11.4 Å². The summed E-state index contributed by atoms with van der Waals surface area (Å²) < 4.78 is 6.13. The number of hydrogen-bond donors (Lipinski definition) is 1. The maximum atomic E-state index is 11.9. The first-order chi connectivity index (χ1) is 12.2. The molecule has 1 heterocycles. The Morgan fingerprint density at radius 1 is 1.27 bits per heavy atom. The minimum atomic E-state index is -0.707. The number of nitrogens with one attached hydrogen (secondary N) is 1. The second-order valence-electron chi connectivity index (χ2n) is 5.89. The van der Waals surface area contributed by atoms with E-state index in [0.29, 0.717) is 5.69 Å². The van der Waals surface area contributed by atoms with E-state index in [1.54, 1.807) is 6.07 Å². The summed E-state index contributed by atoms with van der Waals surface area (Å²) in [5.74, 6) is -1.17. The first-order valence-corrected chi connectivity index (χ1v) is 7.90. The Morgan fingerprint density at radius 3 is 2.58 bits per heavy atom. The normalized spacial score (nSPS) is 10.5. The summed E-state index contributed by atoms with van der Waals surface area (Å²) in [6, 6.07) is 5.51. The van der Waals surface area contributed by atoms with Crippen molar-refractivity contribution < 1.29 is 19.2 Å². The van der Waals surface area contributed by atoms with E-state index in [1.165, 1.54) is 18.5 Å². The Morgan fingerprint density at radius 2 is 1.96 bits per heavy atom. The van der Waals surface area contributed by atoms with Gasteiger partial charge in [0, 0.05) is 5.69 Å². The Hall–Kier alpha value is -3.23. The minimum Gasteiger partial charge on any atom is -0.454 e. The van der Waals surface area contributed by atoms with Crippen LogP contribution in [0.1, 0.15) is 22.5 Å². The standard InChI is InChI=1S/C17H20N4O5/c1-10-6-5-7-14(11(10)2)18-15(22)9-26-16(23)8-20-13(4)17(21(24)25)12(3)19-20/h5-7H,8-9H2,1-4H3,(H,18,22). The van der Waals surface area contributed by atoms with Crippen molar-refractivity contribution in [1.29, 1.82) is 0 Å². The maximum Gasteiger partial charge on any atom is 0.328 e. The number of carbonyl (C=O) groups excluding carboxylic acids is 2. The van der Waals surface area contributed by atoms with E-state index in [-0.39, 0.29) is 23.6 Å². The molecular formula is C17H20N4O5. The van der Waals surface area contributed by atoms with Crippen LogP contribution in [0.25, 0.3) is 0 Å². The highest BCUT2D eigenvalue weighted by Crippen LogP contribution is 2.21. The summed E-state index contributed by atoms with van der Waals surface area (Å²) >= 11 is 0. The number of esters is 1. The second-order valence-corrected chi connectivity index (χ2v) is 5.89. The van der Waals surface area contributed by atoms with Gasteiger partial charge < -0.3 is 10.1 Å². The van der Waals surface area contributed by atoms with Crippen LogP contribution in [0, 0.1) is 37.8 Å². The Kier molecular flexibility index (Phi) is 5.71. The number of amides is 1. The van der Waals surface area contributed by atoms with E-state index in [1.807, 2.05) is 26.0 Å². The van der Waals surface area contributed by atoms with Gasteiger partial charge in [0.1, 0.15) is 17.9 Å². The van der Waals surface area contributed by atoms with Gasteiger partial charge in [0.25, 0.3) is 5.91 Å². The SMILES string of the molecule is Cc1cccc(NC(=O)COC(=O)Cn2nc(C)c([N+](=O)[O-])c2C)c1C. The molecule has 138 valence electrons. The molecule has 9 nitrogen and oxygen atoms in total. The fourth-order valence-corrected chi connectivity index (χ4v) is 2.49. The van der Waals surface area contributed by atoms with Crippen LogP contribution in [0.2, 0.25) is 0 Å². The molecule has 0 saturated heterocycles. The van der Waals surface area contributed by atoms with Gasteiger partial charge in [-0.15, -0.1) is 0 Å². The number of aromatic nitrogens is 2. The van der Waals surface area contributed by atoms with Crippen LogP contribution >= 0.6 is 0 Å². The molecule has 2 rings (SSSR count). The number of carbonyl (C=O) groups is 2. The van der Waals surface area contributed by atoms with E-state index >= 15 is 0 Å². The average Bonchev–Trinajstić information content (AvgIpc) is 2.83. The zero-order chi connectivity index (χ0) is 19.4. The zero-order valence-corrected chi connectivity index (χ0v) is 15.0. The summed E-state index contributed by atoms with van der Waals surface area (Å²) in [6.07, 6.45) is 0. The van der Waals surface area contributed by atoms with Crippen molar-refractivity contribution in [1.82, 2.24) is 9.78 Å². The third-order valence-corrected chi connectivity index (χ3v) is 4.05. The van der Waals surface area contributed by atoms with Crippen molar-refractivity contribution in [2.24, 2.45) is 0 Å². The molecule has 2 aromatic rings. The fourth-order valence-electron chi connectivity index (χ4n) is 2.49. The quantitative estimate of drug-likeness (QED) is 0.479. The molecule has 1 aromatic carbocycles. The fraction of sp³-hybridized carbons (Fsp3) is 0.353. The second kappa shape index (κ2) is 7.77. The van der Waals surface area contributed by atoms with Crippen LogP contribution in [0.3, 0.4) is 0 Å². The molecule has 0 fully saturated rings. The van der Waals surface area contributed by atoms with E-state index < -0.39 is 23.4 Å². The predicted octanol–water partition coefficient (Wildman–Crippen LogP) is 2.21. The maximum absolute atomic E-state index is 11.9. The number of ether oxygens (including phenoxy) is 1. The minimum absolute atomic E-state index is 0.134. The lowest BCUT2D eigenvalue weighted by Gasteiger charge is -2.10. The summed E-state index contributed by atoms with van der Waals surface area (Å²) in [5.41, 5.74) is 2.95. The third kappa shape index (κ3) is 4.24. The molecule has 1 N–H and O–H groups in total. The first-order valence-electron chi connectivity index (χ1n) is 7.90. The number of nitro groups is 1. The third-order valence-electron chi connectivity index (χ3n) is 4.05. The molecule has 0 aliphatic carbocycles. The molecule has 9 heteroatoms. The highest BCUT2D eigenvalue weighted by Gasteiger charge is 2.23. The number of anilines is 1. The molecule has 1 aromatic heterocycles. The lowest BCUT2D eigenvalue weighted by Crippen LogP contribution is -2.24. The summed E-state index contributed by atoms with van der Waals surface area (Å²) in [5, 5.41) is 17.6. The smallest absolute Gasteiger partial charge is 0.328 e. The molecule has 0 spiro atoms. The molecular weight excluding hydrogens is 340 g/mol. The molecule has 1 amide bonds. The Balaban J connectivity index is 1.93.